The maximum Gasteiger partial charge on any atom is 0.136 e. The molecule has 23 heavy (non-hydrogen) atoms. The molecule has 1 fully saturated rings. The van der Waals surface area contributed by atoms with E-state index in [9.17, 15) is 4.79 Å². The smallest absolute Gasteiger partial charge is 0.136 e. The van der Waals surface area contributed by atoms with Gasteiger partial charge in [-0.2, -0.15) is 0 Å². The quantitative estimate of drug-likeness (QED) is 0.743. The van der Waals surface area contributed by atoms with E-state index in [0.717, 1.165) is 37.2 Å². The maximum absolute atomic E-state index is 12.3. The van der Waals surface area contributed by atoms with Crippen molar-refractivity contribution in [2.24, 2.45) is 5.92 Å². The zero-order chi connectivity index (χ0) is 16.3. The Labute approximate surface area is 138 Å². The largest absolute Gasteiger partial charge is 0.457 e. The first-order valence-corrected chi connectivity index (χ1v) is 8.43. The molecule has 3 rings (SSSR count). The minimum absolute atomic E-state index is 0.122. The second-order valence-electron chi connectivity index (χ2n) is 6.93. The molecule has 1 aliphatic carbocycles. The van der Waals surface area contributed by atoms with Crippen LogP contribution in [0.1, 0.15) is 45.1 Å². The van der Waals surface area contributed by atoms with Crippen LogP contribution in [0, 0.1) is 5.92 Å². The molecular formula is C21H24O2. The number of Topliss-reactive ketones (excluding diaryl/α,β-unsaturated/α-hetero) is 1. The highest BCUT2D eigenvalue weighted by Crippen LogP contribution is 2.39. The van der Waals surface area contributed by atoms with Crippen molar-refractivity contribution >= 4 is 5.78 Å². The molecule has 2 aromatic rings. The van der Waals surface area contributed by atoms with E-state index in [1.165, 1.54) is 5.56 Å². The summed E-state index contributed by atoms with van der Waals surface area (Å²) in [6, 6.07) is 18.0. The van der Waals surface area contributed by atoms with Crippen LogP contribution in [0.3, 0.4) is 0 Å². The van der Waals surface area contributed by atoms with Gasteiger partial charge < -0.3 is 4.74 Å². The zero-order valence-electron chi connectivity index (χ0n) is 13.9. The van der Waals surface area contributed by atoms with E-state index >= 15 is 0 Å². The van der Waals surface area contributed by atoms with Gasteiger partial charge in [0, 0.05) is 12.3 Å². The number of ether oxygens (including phenoxy) is 1. The Morgan fingerprint density at radius 3 is 2.22 bits per heavy atom. The van der Waals surface area contributed by atoms with Crippen LogP contribution in [-0.2, 0) is 10.2 Å². The highest BCUT2D eigenvalue weighted by atomic mass is 16.5. The van der Waals surface area contributed by atoms with E-state index in [-0.39, 0.29) is 11.3 Å². The van der Waals surface area contributed by atoms with E-state index < -0.39 is 0 Å². The van der Waals surface area contributed by atoms with Gasteiger partial charge in [0.05, 0.1) is 0 Å². The molecule has 2 aromatic carbocycles. The van der Waals surface area contributed by atoms with Crippen LogP contribution in [-0.4, -0.2) is 5.78 Å². The summed E-state index contributed by atoms with van der Waals surface area (Å²) in [6.45, 7) is 4.38. The van der Waals surface area contributed by atoms with Gasteiger partial charge in [-0.25, -0.2) is 0 Å². The normalized spacial score (nSPS) is 18.7. The predicted molar refractivity (Wildman–Crippen MR) is 92.9 cm³/mol. The molecule has 120 valence electrons. The summed E-state index contributed by atoms with van der Waals surface area (Å²) in [5.74, 6) is 2.22. The van der Waals surface area contributed by atoms with E-state index in [4.69, 9.17) is 4.74 Å². The molecule has 1 unspecified atom stereocenters. The summed E-state index contributed by atoms with van der Waals surface area (Å²) in [7, 11) is 0. The molecule has 1 aliphatic rings. The molecule has 0 bridgehead atoms. The van der Waals surface area contributed by atoms with Crippen LogP contribution in [0.4, 0.5) is 0 Å². The molecule has 2 heteroatoms. The molecular weight excluding hydrogens is 284 g/mol. The molecule has 0 N–H and O–H groups in total. The minimum Gasteiger partial charge on any atom is -0.457 e. The van der Waals surface area contributed by atoms with E-state index in [1.807, 2.05) is 42.5 Å². The number of rotatable bonds is 4. The first-order chi connectivity index (χ1) is 11.1. The van der Waals surface area contributed by atoms with Crippen molar-refractivity contribution in [1.29, 1.82) is 0 Å². The van der Waals surface area contributed by atoms with E-state index in [1.54, 1.807) is 0 Å². The van der Waals surface area contributed by atoms with Gasteiger partial charge in [-0.15, -0.1) is 0 Å². The number of para-hydroxylation sites is 1. The maximum atomic E-state index is 12.3. The van der Waals surface area contributed by atoms with Gasteiger partial charge in [0.15, 0.2) is 0 Å². The average Bonchev–Trinajstić information content (AvgIpc) is 2.56. The Kier molecular flexibility index (Phi) is 4.51. The Balaban J connectivity index is 1.77. The molecule has 0 aromatic heterocycles. The van der Waals surface area contributed by atoms with Gasteiger partial charge in [0.25, 0.3) is 0 Å². The molecule has 0 heterocycles. The van der Waals surface area contributed by atoms with Crippen molar-refractivity contribution < 1.29 is 9.53 Å². The number of benzene rings is 2. The molecule has 0 radical (unpaired) electrons. The van der Waals surface area contributed by atoms with Gasteiger partial charge in [0.2, 0.25) is 0 Å². The fourth-order valence-corrected chi connectivity index (χ4v) is 3.52. The van der Waals surface area contributed by atoms with Crippen molar-refractivity contribution in [3.63, 3.8) is 0 Å². The second kappa shape index (κ2) is 6.57. The van der Waals surface area contributed by atoms with Gasteiger partial charge >= 0.3 is 0 Å². The van der Waals surface area contributed by atoms with Crippen molar-refractivity contribution in [3.8, 4) is 11.5 Å². The number of carbonyl (C=O) groups excluding carboxylic acids is 1. The Morgan fingerprint density at radius 2 is 1.57 bits per heavy atom. The average molecular weight is 308 g/mol. The Bertz CT molecular complexity index is 656. The fraction of sp³-hybridized carbons (Fsp3) is 0.381. The molecule has 0 spiro atoms. The van der Waals surface area contributed by atoms with Crippen LogP contribution in [0.2, 0.25) is 0 Å². The lowest BCUT2D eigenvalue weighted by Crippen LogP contribution is -2.36. The summed E-state index contributed by atoms with van der Waals surface area (Å²) < 4.78 is 5.85. The lowest BCUT2D eigenvalue weighted by Gasteiger charge is -2.36. The van der Waals surface area contributed by atoms with Gasteiger partial charge in [0.1, 0.15) is 17.3 Å². The van der Waals surface area contributed by atoms with Crippen LogP contribution in [0.25, 0.3) is 0 Å². The standard InChI is InChI=1S/C21H24O2/c1-21(2,19-10-6-7-11-20(19)22)16-12-14-18(15-13-16)23-17-8-4-3-5-9-17/h3-5,8-9,12-15,19H,6-7,10-11H2,1-2H3. The van der Waals surface area contributed by atoms with E-state index in [0.29, 0.717) is 5.78 Å². The Morgan fingerprint density at radius 1 is 0.913 bits per heavy atom. The summed E-state index contributed by atoms with van der Waals surface area (Å²) in [6.07, 6.45) is 3.96. The number of carbonyl (C=O) groups is 1. The summed E-state index contributed by atoms with van der Waals surface area (Å²) in [5, 5.41) is 0. The SMILES string of the molecule is CC(C)(c1ccc(Oc2ccccc2)cc1)C1CCCCC1=O. The van der Waals surface area contributed by atoms with Gasteiger partial charge in [-0.05, 0) is 48.1 Å². The third kappa shape index (κ3) is 3.47. The number of hydrogen-bond donors (Lipinski definition) is 0. The molecule has 1 atom stereocenters. The topological polar surface area (TPSA) is 26.3 Å². The zero-order valence-corrected chi connectivity index (χ0v) is 13.9. The monoisotopic (exact) mass is 308 g/mol. The second-order valence-corrected chi connectivity index (χ2v) is 6.93. The first-order valence-electron chi connectivity index (χ1n) is 8.43. The molecule has 0 aliphatic heterocycles. The van der Waals surface area contributed by atoms with Crippen molar-refractivity contribution in [3.05, 3.63) is 60.2 Å². The van der Waals surface area contributed by atoms with Gasteiger partial charge in [-0.3, -0.25) is 4.79 Å². The molecule has 2 nitrogen and oxygen atoms in total. The fourth-order valence-electron chi connectivity index (χ4n) is 3.52. The Hall–Kier alpha value is -2.09. The molecule has 0 saturated heterocycles. The highest BCUT2D eigenvalue weighted by Gasteiger charge is 2.37. The van der Waals surface area contributed by atoms with Crippen LogP contribution in [0.15, 0.2) is 54.6 Å². The van der Waals surface area contributed by atoms with Crippen LogP contribution in [0.5, 0.6) is 11.5 Å². The third-order valence-corrected chi connectivity index (χ3v) is 5.00. The number of ketones is 1. The van der Waals surface area contributed by atoms with Crippen molar-refractivity contribution in [2.45, 2.75) is 44.9 Å². The van der Waals surface area contributed by atoms with Gasteiger partial charge in [-0.1, -0.05) is 50.6 Å². The van der Waals surface area contributed by atoms with Crippen LogP contribution < -0.4 is 4.74 Å². The lowest BCUT2D eigenvalue weighted by atomic mass is 9.67. The number of hydrogen-bond acceptors (Lipinski definition) is 2. The minimum atomic E-state index is -0.122. The molecule has 0 amide bonds. The lowest BCUT2D eigenvalue weighted by molar-refractivity contribution is -0.126. The predicted octanol–water partition coefficient (Wildman–Crippen LogP) is 5.52. The van der Waals surface area contributed by atoms with E-state index in [2.05, 4.69) is 26.0 Å². The highest BCUT2D eigenvalue weighted by molar-refractivity contribution is 5.83. The summed E-state index contributed by atoms with van der Waals surface area (Å²) >= 11 is 0. The summed E-state index contributed by atoms with van der Waals surface area (Å²) in [5.41, 5.74) is 1.08. The summed E-state index contributed by atoms with van der Waals surface area (Å²) in [4.78, 5) is 12.3. The van der Waals surface area contributed by atoms with Crippen LogP contribution >= 0.6 is 0 Å². The van der Waals surface area contributed by atoms with Crippen molar-refractivity contribution in [2.75, 3.05) is 0 Å². The first kappa shape index (κ1) is 15.8. The molecule has 1 saturated carbocycles. The van der Waals surface area contributed by atoms with Crippen molar-refractivity contribution in [1.82, 2.24) is 0 Å². The third-order valence-electron chi connectivity index (χ3n) is 5.00.